The van der Waals surface area contributed by atoms with Gasteiger partial charge in [-0.05, 0) is 55.0 Å². The molecule has 180 valence electrons. The molecule has 1 aromatic carbocycles. The summed E-state index contributed by atoms with van der Waals surface area (Å²) in [6, 6.07) is 4.71. The van der Waals surface area contributed by atoms with Crippen molar-refractivity contribution in [3.05, 3.63) is 52.6 Å². The monoisotopic (exact) mass is 474 g/mol. The molecule has 3 N–H and O–H groups in total. The van der Waals surface area contributed by atoms with Gasteiger partial charge in [0.1, 0.15) is 11.2 Å². The molecule has 2 aliphatic rings. The molecule has 0 saturated carbocycles. The number of anilines is 1. The number of pyridine rings is 2. The number of halogens is 1. The summed E-state index contributed by atoms with van der Waals surface area (Å²) in [4.78, 5) is 37.0. The topological polar surface area (TPSA) is 116 Å². The minimum Gasteiger partial charge on any atom is -0.398 e. The van der Waals surface area contributed by atoms with E-state index in [9.17, 15) is 14.0 Å². The molecule has 0 bridgehead atoms. The maximum absolute atomic E-state index is 15.0. The first-order chi connectivity index (χ1) is 16.9. The van der Waals surface area contributed by atoms with Gasteiger partial charge in [-0.2, -0.15) is 0 Å². The molecule has 1 aliphatic carbocycles. The minimum absolute atomic E-state index is 0.0117. The van der Waals surface area contributed by atoms with E-state index in [1.54, 1.807) is 22.1 Å². The third-order valence-electron chi connectivity index (χ3n) is 7.02. The molecule has 0 unspecified atom stereocenters. The van der Waals surface area contributed by atoms with Crippen LogP contribution in [0.1, 0.15) is 46.9 Å². The largest absolute Gasteiger partial charge is 0.398 e. The van der Waals surface area contributed by atoms with Gasteiger partial charge in [-0.1, -0.05) is 0 Å². The average Bonchev–Trinajstić information content (AvgIpc) is 2.88. The van der Waals surface area contributed by atoms with E-state index >= 15 is 0 Å². The van der Waals surface area contributed by atoms with Gasteiger partial charge < -0.3 is 20.9 Å². The van der Waals surface area contributed by atoms with Gasteiger partial charge in [0.05, 0.1) is 5.69 Å². The number of nitrogens with two attached hydrogens (primary N) is 1. The number of hydrogen-bond donors (Lipinski definition) is 2. The van der Waals surface area contributed by atoms with Crippen LogP contribution in [0.15, 0.2) is 24.4 Å². The second-order valence-electron chi connectivity index (χ2n) is 9.08. The summed E-state index contributed by atoms with van der Waals surface area (Å²) in [6.45, 7) is 3.50. The number of rotatable bonds is 3. The Bertz CT molecular complexity index is 1350. The standard InChI is InChI=1S/C26H27FN6O2/c1-15(34)32-8-10-33(11-9-32)26(35)22-7-6-16(14-30-22)24-18-5-3-2-4-17(18)23-19(13-28)21(29)12-20(27)25(23)31-24/h6-7,12-14,28H,2-5,8-11,29H2,1H3. The number of carbonyl (C=O) groups excluding carboxylic acids is 2. The molecule has 1 aliphatic heterocycles. The van der Waals surface area contributed by atoms with Gasteiger partial charge in [-0.25, -0.2) is 9.37 Å². The van der Waals surface area contributed by atoms with Gasteiger partial charge in [0.25, 0.3) is 5.91 Å². The molecule has 0 radical (unpaired) electrons. The third kappa shape index (κ3) is 4.00. The lowest BCUT2D eigenvalue weighted by Crippen LogP contribution is -2.50. The number of aromatic nitrogens is 2. The van der Waals surface area contributed by atoms with Crippen molar-refractivity contribution in [2.75, 3.05) is 31.9 Å². The van der Waals surface area contributed by atoms with Gasteiger partial charge in [0.2, 0.25) is 5.91 Å². The maximum Gasteiger partial charge on any atom is 0.272 e. The summed E-state index contributed by atoms with van der Waals surface area (Å²) in [5.74, 6) is -0.676. The zero-order chi connectivity index (χ0) is 24.7. The summed E-state index contributed by atoms with van der Waals surface area (Å²) in [5, 5.41) is 8.46. The van der Waals surface area contributed by atoms with Crippen molar-refractivity contribution in [3.8, 4) is 11.3 Å². The van der Waals surface area contributed by atoms with Crippen molar-refractivity contribution in [2.45, 2.75) is 32.6 Å². The first-order valence-electron chi connectivity index (χ1n) is 11.8. The second kappa shape index (κ2) is 9.05. The molecular formula is C26H27FN6O2. The van der Waals surface area contributed by atoms with Crippen molar-refractivity contribution in [1.29, 1.82) is 5.41 Å². The van der Waals surface area contributed by atoms with Crippen LogP contribution in [-0.4, -0.2) is 64.0 Å². The molecule has 8 nitrogen and oxygen atoms in total. The molecule has 1 saturated heterocycles. The first kappa shape index (κ1) is 22.9. The van der Waals surface area contributed by atoms with Gasteiger partial charge in [-0.15, -0.1) is 0 Å². The van der Waals surface area contributed by atoms with Crippen molar-refractivity contribution in [2.24, 2.45) is 0 Å². The smallest absolute Gasteiger partial charge is 0.272 e. The summed E-state index contributed by atoms with van der Waals surface area (Å²) < 4.78 is 15.0. The van der Waals surface area contributed by atoms with E-state index in [2.05, 4.69) is 4.98 Å². The van der Waals surface area contributed by atoms with E-state index in [0.29, 0.717) is 48.5 Å². The lowest BCUT2D eigenvalue weighted by molar-refractivity contribution is -0.130. The lowest BCUT2D eigenvalue weighted by atomic mass is 9.85. The number of hydrogen-bond acceptors (Lipinski definition) is 6. The summed E-state index contributed by atoms with van der Waals surface area (Å²) in [6.07, 6.45) is 6.32. The Kier molecular flexibility index (Phi) is 5.92. The number of fused-ring (bicyclic) bond motifs is 3. The Morgan fingerprint density at radius 3 is 2.40 bits per heavy atom. The molecule has 5 rings (SSSR count). The predicted molar refractivity (Wildman–Crippen MR) is 132 cm³/mol. The maximum atomic E-state index is 15.0. The van der Waals surface area contributed by atoms with Gasteiger partial charge in [-0.3, -0.25) is 14.6 Å². The second-order valence-corrected chi connectivity index (χ2v) is 9.08. The highest BCUT2D eigenvalue weighted by molar-refractivity contribution is 6.05. The Morgan fingerprint density at radius 2 is 1.77 bits per heavy atom. The Balaban J connectivity index is 1.51. The first-order valence-corrected chi connectivity index (χ1v) is 11.8. The highest BCUT2D eigenvalue weighted by atomic mass is 19.1. The Hall–Kier alpha value is -3.88. The van der Waals surface area contributed by atoms with Crippen LogP contribution in [-0.2, 0) is 17.6 Å². The summed E-state index contributed by atoms with van der Waals surface area (Å²) in [5.41, 5.74) is 10.7. The molecule has 2 aromatic heterocycles. The molecule has 0 spiro atoms. The van der Waals surface area contributed by atoms with Crippen molar-refractivity contribution in [1.82, 2.24) is 19.8 Å². The van der Waals surface area contributed by atoms with E-state index in [1.165, 1.54) is 19.2 Å². The number of piperazine rings is 1. The van der Waals surface area contributed by atoms with Gasteiger partial charge in [0.15, 0.2) is 5.82 Å². The van der Waals surface area contributed by atoms with Crippen LogP contribution >= 0.6 is 0 Å². The highest BCUT2D eigenvalue weighted by Gasteiger charge is 2.26. The van der Waals surface area contributed by atoms with Crippen LogP contribution in [0, 0.1) is 11.2 Å². The zero-order valence-corrected chi connectivity index (χ0v) is 19.6. The molecule has 3 aromatic rings. The molecular weight excluding hydrogens is 447 g/mol. The van der Waals surface area contributed by atoms with Gasteiger partial charge in [0, 0.05) is 67.7 Å². The van der Waals surface area contributed by atoms with Crippen LogP contribution < -0.4 is 5.73 Å². The molecule has 0 atom stereocenters. The van der Waals surface area contributed by atoms with Crippen molar-refractivity contribution < 1.29 is 14.0 Å². The third-order valence-corrected chi connectivity index (χ3v) is 7.02. The molecule has 1 fully saturated rings. The van der Waals surface area contributed by atoms with Crippen molar-refractivity contribution >= 4 is 34.6 Å². The SMILES string of the molecule is CC(=O)N1CCN(C(=O)c2ccc(-c3nc4c(F)cc(N)c(C=N)c4c4c3CCCC4)cn2)CC1. The van der Waals surface area contributed by atoms with E-state index in [4.69, 9.17) is 16.1 Å². The number of aryl methyl sites for hydroxylation is 1. The van der Waals surface area contributed by atoms with Crippen LogP contribution in [0.25, 0.3) is 22.2 Å². The number of nitrogen functional groups attached to an aromatic ring is 1. The van der Waals surface area contributed by atoms with Crippen LogP contribution in [0.4, 0.5) is 10.1 Å². The molecule has 35 heavy (non-hydrogen) atoms. The highest BCUT2D eigenvalue weighted by Crippen LogP contribution is 2.38. The van der Waals surface area contributed by atoms with Crippen LogP contribution in [0.5, 0.6) is 0 Å². The molecule has 3 heterocycles. The van der Waals surface area contributed by atoms with Crippen LogP contribution in [0.2, 0.25) is 0 Å². The normalized spacial score (nSPS) is 15.7. The summed E-state index contributed by atoms with van der Waals surface area (Å²) in [7, 11) is 0. The fourth-order valence-corrected chi connectivity index (χ4v) is 5.15. The minimum atomic E-state index is -0.512. The average molecular weight is 475 g/mol. The number of nitrogens with zero attached hydrogens (tertiary/aromatic N) is 4. The number of carbonyl (C=O) groups is 2. The fourth-order valence-electron chi connectivity index (χ4n) is 5.15. The number of benzene rings is 1. The molecule has 2 amide bonds. The van der Waals surface area contributed by atoms with E-state index in [1.807, 2.05) is 6.07 Å². The Morgan fingerprint density at radius 1 is 1.09 bits per heavy atom. The fraction of sp³-hybridized carbons (Fsp3) is 0.346. The quantitative estimate of drug-likeness (QED) is 0.447. The van der Waals surface area contributed by atoms with Crippen LogP contribution in [0.3, 0.4) is 0 Å². The van der Waals surface area contributed by atoms with E-state index in [0.717, 1.165) is 42.4 Å². The zero-order valence-electron chi connectivity index (χ0n) is 19.6. The van der Waals surface area contributed by atoms with E-state index < -0.39 is 5.82 Å². The lowest BCUT2D eigenvalue weighted by Gasteiger charge is -2.34. The molecule has 9 heteroatoms. The number of amides is 2. The predicted octanol–water partition coefficient (Wildman–Crippen LogP) is 3.20. The van der Waals surface area contributed by atoms with Gasteiger partial charge >= 0.3 is 0 Å². The van der Waals surface area contributed by atoms with E-state index in [-0.39, 0.29) is 23.0 Å². The number of nitrogens with one attached hydrogen (secondary N) is 1. The van der Waals surface area contributed by atoms with Crippen molar-refractivity contribution in [3.63, 3.8) is 0 Å². The summed E-state index contributed by atoms with van der Waals surface area (Å²) >= 11 is 0. The Labute approximate surface area is 202 Å².